The predicted octanol–water partition coefficient (Wildman–Crippen LogP) is 5.22. The fourth-order valence-corrected chi connectivity index (χ4v) is 4.42. The van der Waals surface area contributed by atoms with Gasteiger partial charge in [-0.25, -0.2) is 4.79 Å². The summed E-state index contributed by atoms with van der Waals surface area (Å²) < 4.78 is 10.9. The highest BCUT2D eigenvalue weighted by atomic mass is 16.6. The minimum Gasteiger partial charge on any atom is -0.461 e. The number of esters is 1. The van der Waals surface area contributed by atoms with E-state index in [-0.39, 0.29) is 36.2 Å². The predicted molar refractivity (Wildman–Crippen MR) is 161 cm³/mol. The average Bonchev–Trinajstić information content (AvgIpc) is 2.87. The topological polar surface area (TPSA) is 123 Å². The Labute approximate surface area is 246 Å². The first-order valence-corrected chi connectivity index (χ1v) is 14.7. The molecule has 0 aromatic heterocycles. The van der Waals surface area contributed by atoms with Gasteiger partial charge in [-0.15, -0.1) is 0 Å². The number of carbonyl (C=O) groups is 4. The third-order valence-corrected chi connectivity index (χ3v) is 7.14. The summed E-state index contributed by atoms with van der Waals surface area (Å²) in [4.78, 5) is 51.6. The molecule has 3 N–H and O–H groups in total. The van der Waals surface area contributed by atoms with Gasteiger partial charge in [0.2, 0.25) is 11.8 Å². The number of ether oxygens (including phenoxy) is 2. The lowest BCUT2D eigenvalue weighted by Crippen LogP contribution is -2.53. The SMILES string of the molecule is CC(C)C[C@H](NC(=O)[C@H](C)[C@H](C)NC(=O)[C@H](C)[C@@H](NC(=O)OC(C)(C)C)C(C)C)[C@@H](C)C(=O)OCc1ccccc1. The number of benzene rings is 1. The van der Waals surface area contributed by atoms with Crippen LogP contribution < -0.4 is 16.0 Å². The van der Waals surface area contributed by atoms with Gasteiger partial charge in [0.25, 0.3) is 0 Å². The highest BCUT2D eigenvalue weighted by Gasteiger charge is 2.33. The summed E-state index contributed by atoms with van der Waals surface area (Å²) in [6.45, 7) is 20.4. The lowest BCUT2D eigenvalue weighted by atomic mass is 9.90. The maximum Gasteiger partial charge on any atom is 0.407 e. The molecule has 0 saturated carbocycles. The Morgan fingerprint density at radius 3 is 1.83 bits per heavy atom. The number of rotatable bonds is 14. The van der Waals surface area contributed by atoms with Crippen molar-refractivity contribution < 1.29 is 28.7 Å². The van der Waals surface area contributed by atoms with Gasteiger partial charge < -0.3 is 25.4 Å². The van der Waals surface area contributed by atoms with Crippen molar-refractivity contribution in [3.8, 4) is 0 Å². The minimum absolute atomic E-state index is 0.0285. The summed E-state index contributed by atoms with van der Waals surface area (Å²) in [5.41, 5.74) is 0.240. The molecule has 1 rings (SSSR count). The quantitative estimate of drug-likeness (QED) is 0.261. The summed E-state index contributed by atoms with van der Waals surface area (Å²) in [5.74, 6) is -2.37. The molecule has 0 fully saturated rings. The second-order valence-corrected chi connectivity index (χ2v) is 12.9. The van der Waals surface area contributed by atoms with E-state index >= 15 is 0 Å². The Hall–Kier alpha value is -3.10. The Morgan fingerprint density at radius 1 is 0.756 bits per heavy atom. The van der Waals surface area contributed by atoms with E-state index in [0.29, 0.717) is 6.42 Å². The largest absolute Gasteiger partial charge is 0.461 e. The first kappa shape index (κ1) is 35.9. The smallest absolute Gasteiger partial charge is 0.407 e. The molecule has 0 heterocycles. The van der Waals surface area contributed by atoms with Crippen molar-refractivity contribution in [3.63, 3.8) is 0 Å². The summed E-state index contributed by atoms with van der Waals surface area (Å²) >= 11 is 0. The normalized spacial score (nSPS) is 16.1. The Kier molecular flexibility index (Phi) is 14.3. The zero-order chi connectivity index (χ0) is 31.5. The summed E-state index contributed by atoms with van der Waals surface area (Å²) in [5, 5.41) is 8.79. The lowest BCUT2D eigenvalue weighted by Gasteiger charge is -2.31. The molecule has 0 radical (unpaired) electrons. The number of carbonyl (C=O) groups excluding carboxylic acids is 4. The molecular weight excluding hydrogens is 522 g/mol. The third-order valence-electron chi connectivity index (χ3n) is 7.14. The van der Waals surface area contributed by atoms with Crippen molar-refractivity contribution in [1.29, 1.82) is 0 Å². The van der Waals surface area contributed by atoms with Crippen LogP contribution in [0, 0.1) is 29.6 Å². The van der Waals surface area contributed by atoms with Crippen LogP contribution in [-0.2, 0) is 30.5 Å². The number of hydrogen-bond donors (Lipinski definition) is 3. The molecule has 0 aliphatic heterocycles. The number of nitrogens with one attached hydrogen (secondary N) is 3. The van der Waals surface area contributed by atoms with E-state index in [1.165, 1.54) is 0 Å². The van der Waals surface area contributed by atoms with Crippen molar-refractivity contribution in [2.24, 2.45) is 29.6 Å². The molecule has 41 heavy (non-hydrogen) atoms. The molecule has 0 unspecified atom stereocenters. The van der Waals surface area contributed by atoms with Crippen LogP contribution in [0.1, 0.15) is 88.1 Å². The second kappa shape index (κ2) is 16.4. The molecule has 1 aromatic rings. The molecule has 232 valence electrons. The van der Waals surface area contributed by atoms with Crippen LogP contribution in [0.25, 0.3) is 0 Å². The Balaban J connectivity index is 2.82. The van der Waals surface area contributed by atoms with Crippen molar-refractivity contribution in [2.45, 2.75) is 113 Å². The van der Waals surface area contributed by atoms with Gasteiger partial charge in [-0.1, -0.05) is 71.9 Å². The van der Waals surface area contributed by atoms with Gasteiger partial charge in [0.15, 0.2) is 0 Å². The van der Waals surface area contributed by atoms with E-state index in [0.717, 1.165) is 5.56 Å². The Morgan fingerprint density at radius 2 is 1.32 bits per heavy atom. The van der Waals surface area contributed by atoms with Crippen LogP contribution >= 0.6 is 0 Å². The number of alkyl carbamates (subject to hydrolysis) is 1. The van der Waals surface area contributed by atoms with E-state index in [2.05, 4.69) is 16.0 Å². The van der Waals surface area contributed by atoms with Gasteiger partial charge in [0, 0.05) is 18.1 Å². The van der Waals surface area contributed by atoms with Crippen LogP contribution in [-0.4, -0.2) is 47.6 Å². The van der Waals surface area contributed by atoms with Gasteiger partial charge in [-0.05, 0) is 58.4 Å². The van der Waals surface area contributed by atoms with Crippen molar-refractivity contribution >= 4 is 23.9 Å². The van der Waals surface area contributed by atoms with Gasteiger partial charge in [-0.2, -0.15) is 0 Å². The fourth-order valence-electron chi connectivity index (χ4n) is 4.42. The van der Waals surface area contributed by atoms with E-state index in [1.54, 1.807) is 48.5 Å². The maximum absolute atomic E-state index is 13.3. The van der Waals surface area contributed by atoms with Gasteiger partial charge in [0.1, 0.15) is 12.2 Å². The highest BCUT2D eigenvalue weighted by Crippen LogP contribution is 2.19. The van der Waals surface area contributed by atoms with Crippen molar-refractivity contribution in [1.82, 2.24) is 16.0 Å². The summed E-state index contributed by atoms with van der Waals surface area (Å²) in [6.07, 6.45) is 0.0220. The molecule has 3 amide bonds. The van der Waals surface area contributed by atoms with Crippen LogP contribution in [0.3, 0.4) is 0 Å². The molecule has 0 aliphatic rings. The van der Waals surface area contributed by atoms with Crippen molar-refractivity contribution in [3.05, 3.63) is 35.9 Å². The zero-order valence-electron chi connectivity index (χ0n) is 26.9. The average molecular weight is 576 g/mol. The standard InChI is InChI=1S/C32H53N3O6/c1-19(2)17-26(22(6)30(38)40-18-25-15-13-12-14-16-25)34-28(36)21(5)24(8)33-29(37)23(7)27(20(3)4)35-31(39)41-32(9,10)11/h12-16,19-24,26-27H,17-18H2,1-11H3,(H,33,37)(H,34,36)(H,35,39)/t21-,22-,23-,24+,26+,27+/m1/s1. The van der Waals surface area contributed by atoms with E-state index < -0.39 is 47.6 Å². The lowest BCUT2D eigenvalue weighted by molar-refractivity contribution is -0.150. The minimum atomic E-state index is -0.655. The highest BCUT2D eigenvalue weighted by molar-refractivity contribution is 5.83. The molecule has 9 heteroatoms. The third kappa shape index (κ3) is 13.0. The zero-order valence-corrected chi connectivity index (χ0v) is 26.9. The second-order valence-electron chi connectivity index (χ2n) is 12.9. The first-order valence-electron chi connectivity index (χ1n) is 14.7. The Bertz CT molecular complexity index is 989. The van der Waals surface area contributed by atoms with Gasteiger partial charge >= 0.3 is 12.1 Å². The van der Waals surface area contributed by atoms with E-state index in [9.17, 15) is 19.2 Å². The van der Waals surface area contributed by atoms with E-state index in [4.69, 9.17) is 9.47 Å². The molecule has 0 bridgehead atoms. The molecule has 1 aromatic carbocycles. The molecule has 9 nitrogen and oxygen atoms in total. The van der Waals surface area contributed by atoms with Crippen LogP contribution in [0.2, 0.25) is 0 Å². The van der Waals surface area contributed by atoms with Crippen molar-refractivity contribution in [2.75, 3.05) is 0 Å². The molecular formula is C32H53N3O6. The van der Waals surface area contributed by atoms with Crippen LogP contribution in [0.4, 0.5) is 4.79 Å². The van der Waals surface area contributed by atoms with Gasteiger partial charge in [0.05, 0.1) is 17.8 Å². The van der Waals surface area contributed by atoms with E-state index in [1.807, 2.05) is 58.0 Å². The molecule has 0 saturated heterocycles. The van der Waals surface area contributed by atoms with Crippen LogP contribution in [0.15, 0.2) is 30.3 Å². The number of hydrogen-bond acceptors (Lipinski definition) is 6. The molecule has 0 aliphatic carbocycles. The first-order chi connectivity index (χ1) is 18.9. The monoisotopic (exact) mass is 575 g/mol. The van der Waals surface area contributed by atoms with Gasteiger partial charge in [-0.3, -0.25) is 14.4 Å². The summed E-state index contributed by atoms with van der Waals surface area (Å²) in [7, 11) is 0. The maximum atomic E-state index is 13.3. The number of amides is 3. The molecule has 0 spiro atoms. The summed E-state index contributed by atoms with van der Waals surface area (Å²) in [6, 6.07) is 8.09. The van der Waals surface area contributed by atoms with Crippen LogP contribution in [0.5, 0.6) is 0 Å². The fraction of sp³-hybridized carbons (Fsp3) is 0.688. The molecule has 6 atom stereocenters.